The van der Waals surface area contributed by atoms with Gasteiger partial charge in [0.05, 0.1) is 19.7 Å². The van der Waals surface area contributed by atoms with E-state index in [1.165, 1.54) is 0 Å². The molecule has 1 aromatic carbocycles. The lowest BCUT2D eigenvalue weighted by Gasteiger charge is -2.15. The van der Waals surface area contributed by atoms with Crippen LogP contribution in [0.25, 0.3) is 0 Å². The Bertz CT molecular complexity index is 374. The average Bonchev–Trinajstić information content (AvgIpc) is 2.36. The molecule has 0 aliphatic carbocycles. The first-order chi connectivity index (χ1) is 8.52. The highest BCUT2D eigenvalue weighted by molar-refractivity contribution is 5.78. The lowest BCUT2D eigenvalue weighted by molar-refractivity contribution is -0.121. The van der Waals surface area contributed by atoms with Gasteiger partial charge in [0, 0.05) is 6.04 Å². The summed E-state index contributed by atoms with van der Waals surface area (Å²) >= 11 is 0. The number of benzene rings is 1. The largest absolute Gasteiger partial charge is 0.497 e. The van der Waals surface area contributed by atoms with E-state index in [1.807, 2.05) is 45.0 Å². The van der Waals surface area contributed by atoms with E-state index in [4.69, 9.17) is 4.74 Å². The molecule has 100 valence electrons. The van der Waals surface area contributed by atoms with Crippen LogP contribution in [-0.4, -0.2) is 25.6 Å². The Balaban J connectivity index is 2.48. The van der Waals surface area contributed by atoms with E-state index in [1.54, 1.807) is 7.11 Å². The number of nitrogens with one attached hydrogen (secondary N) is 2. The fourth-order valence-corrected chi connectivity index (χ4v) is 1.57. The van der Waals surface area contributed by atoms with E-state index in [2.05, 4.69) is 10.6 Å². The van der Waals surface area contributed by atoms with Crippen LogP contribution in [0.1, 0.15) is 32.4 Å². The van der Waals surface area contributed by atoms with Gasteiger partial charge in [0.2, 0.25) is 5.91 Å². The molecule has 18 heavy (non-hydrogen) atoms. The van der Waals surface area contributed by atoms with Crippen LogP contribution >= 0.6 is 0 Å². The molecule has 0 unspecified atom stereocenters. The maximum atomic E-state index is 11.7. The monoisotopic (exact) mass is 250 g/mol. The van der Waals surface area contributed by atoms with Gasteiger partial charge < -0.3 is 15.4 Å². The van der Waals surface area contributed by atoms with Crippen molar-refractivity contribution in [1.82, 2.24) is 10.6 Å². The van der Waals surface area contributed by atoms with Crippen molar-refractivity contribution in [1.29, 1.82) is 0 Å². The quantitative estimate of drug-likeness (QED) is 0.810. The molecule has 0 heterocycles. The Morgan fingerprint density at radius 1 is 1.22 bits per heavy atom. The van der Waals surface area contributed by atoms with Crippen molar-refractivity contribution in [3.05, 3.63) is 29.8 Å². The number of carbonyl (C=O) groups is 1. The number of hydrogen-bond acceptors (Lipinski definition) is 3. The van der Waals surface area contributed by atoms with Crippen molar-refractivity contribution in [3.63, 3.8) is 0 Å². The Morgan fingerprint density at radius 3 is 2.33 bits per heavy atom. The molecule has 0 bridgehead atoms. The van der Waals surface area contributed by atoms with Crippen LogP contribution in [0.5, 0.6) is 5.75 Å². The molecular weight excluding hydrogens is 228 g/mol. The first kappa shape index (κ1) is 14.5. The highest BCUT2D eigenvalue weighted by Crippen LogP contribution is 2.16. The molecule has 1 atom stereocenters. The molecule has 1 rings (SSSR count). The van der Waals surface area contributed by atoms with Crippen LogP contribution in [0.3, 0.4) is 0 Å². The average molecular weight is 250 g/mol. The summed E-state index contributed by atoms with van der Waals surface area (Å²) in [5.74, 6) is 0.825. The fraction of sp³-hybridized carbons (Fsp3) is 0.500. The zero-order valence-electron chi connectivity index (χ0n) is 11.5. The number of hydrogen-bond donors (Lipinski definition) is 2. The van der Waals surface area contributed by atoms with Crippen molar-refractivity contribution in [3.8, 4) is 5.75 Å². The minimum absolute atomic E-state index is 0.00244. The van der Waals surface area contributed by atoms with Gasteiger partial charge >= 0.3 is 0 Å². The number of amides is 1. The summed E-state index contributed by atoms with van der Waals surface area (Å²) in [6.45, 7) is 6.34. The normalized spacial score (nSPS) is 12.3. The SMILES string of the molecule is COc1ccc([C@@H](C)NC(=O)CNC(C)C)cc1. The van der Waals surface area contributed by atoms with Gasteiger partial charge in [0.25, 0.3) is 0 Å². The van der Waals surface area contributed by atoms with E-state index in [9.17, 15) is 4.79 Å². The molecule has 0 fully saturated rings. The number of methoxy groups -OCH3 is 1. The second kappa shape index (κ2) is 7.01. The van der Waals surface area contributed by atoms with Crippen molar-refractivity contribution in [2.45, 2.75) is 32.9 Å². The van der Waals surface area contributed by atoms with Crippen LogP contribution in [0.4, 0.5) is 0 Å². The molecule has 0 aromatic heterocycles. The van der Waals surface area contributed by atoms with Gasteiger partial charge in [0.15, 0.2) is 0 Å². The Morgan fingerprint density at radius 2 is 1.83 bits per heavy atom. The van der Waals surface area contributed by atoms with E-state index in [0.29, 0.717) is 12.6 Å². The minimum atomic E-state index is -0.00244. The smallest absolute Gasteiger partial charge is 0.234 e. The van der Waals surface area contributed by atoms with E-state index < -0.39 is 0 Å². The van der Waals surface area contributed by atoms with Crippen LogP contribution < -0.4 is 15.4 Å². The summed E-state index contributed by atoms with van der Waals surface area (Å²) in [4.78, 5) is 11.7. The summed E-state index contributed by atoms with van der Waals surface area (Å²) in [5.41, 5.74) is 1.06. The topological polar surface area (TPSA) is 50.4 Å². The summed E-state index contributed by atoms with van der Waals surface area (Å²) in [5, 5.41) is 6.04. The summed E-state index contributed by atoms with van der Waals surface area (Å²) in [6.07, 6.45) is 0. The molecule has 1 aromatic rings. The van der Waals surface area contributed by atoms with Gasteiger partial charge in [-0.05, 0) is 24.6 Å². The second-order valence-corrected chi connectivity index (χ2v) is 4.60. The number of ether oxygens (including phenoxy) is 1. The molecule has 0 spiro atoms. The van der Waals surface area contributed by atoms with Crippen molar-refractivity contribution >= 4 is 5.91 Å². The standard InChI is InChI=1S/C14H22N2O2/c1-10(2)15-9-14(17)16-11(3)12-5-7-13(18-4)8-6-12/h5-8,10-11,15H,9H2,1-4H3,(H,16,17)/t11-/m1/s1. The molecule has 0 aliphatic heterocycles. The zero-order valence-corrected chi connectivity index (χ0v) is 11.5. The molecular formula is C14H22N2O2. The van der Waals surface area contributed by atoms with E-state index in [0.717, 1.165) is 11.3 Å². The first-order valence-electron chi connectivity index (χ1n) is 6.19. The van der Waals surface area contributed by atoms with Gasteiger partial charge in [0.1, 0.15) is 5.75 Å². The minimum Gasteiger partial charge on any atom is -0.497 e. The predicted octanol–water partition coefficient (Wildman–Crippen LogP) is 1.87. The van der Waals surface area contributed by atoms with Crippen LogP contribution in [-0.2, 0) is 4.79 Å². The first-order valence-corrected chi connectivity index (χ1v) is 6.19. The van der Waals surface area contributed by atoms with E-state index in [-0.39, 0.29) is 11.9 Å². The predicted molar refractivity (Wildman–Crippen MR) is 72.7 cm³/mol. The summed E-state index contributed by atoms with van der Waals surface area (Å²) in [7, 11) is 1.64. The Labute approximate surface area is 109 Å². The Hall–Kier alpha value is -1.55. The highest BCUT2D eigenvalue weighted by Gasteiger charge is 2.09. The molecule has 4 heteroatoms. The van der Waals surface area contributed by atoms with Gasteiger partial charge in [-0.15, -0.1) is 0 Å². The third-order valence-corrected chi connectivity index (χ3v) is 2.66. The molecule has 1 amide bonds. The zero-order chi connectivity index (χ0) is 13.5. The maximum Gasteiger partial charge on any atom is 0.234 e. The van der Waals surface area contributed by atoms with Gasteiger partial charge in [-0.1, -0.05) is 26.0 Å². The van der Waals surface area contributed by atoms with Crippen LogP contribution in [0.2, 0.25) is 0 Å². The van der Waals surface area contributed by atoms with Crippen molar-refractivity contribution < 1.29 is 9.53 Å². The van der Waals surface area contributed by atoms with Crippen LogP contribution in [0.15, 0.2) is 24.3 Å². The molecule has 0 aliphatic rings. The molecule has 0 radical (unpaired) electrons. The van der Waals surface area contributed by atoms with Gasteiger partial charge in [-0.3, -0.25) is 4.79 Å². The van der Waals surface area contributed by atoms with Gasteiger partial charge in [-0.2, -0.15) is 0 Å². The van der Waals surface area contributed by atoms with Crippen molar-refractivity contribution in [2.75, 3.05) is 13.7 Å². The fourth-order valence-electron chi connectivity index (χ4n) is 1.57. The third kappa shape index (κ3) is 4.75. The second-order valence-electron chi connectivity index (χ2n) is 4.60. The van der Waals surface area contributed by atoms with Crippen LogP contribution in [0, 0.1) is 0 Å². The molecule has 0 saturated heterocycles. The molecule has 2 N–H and O–H groups in total. The Kier molecular flexibility index (Phi) is 5.65. The third-order valence-electron chi connectivity index (χ3n) is 2.66. The lowest BCUT2D eigenvalue weighted by Crippen LogP contribution is -2.37. The molecule has 0 saturated carbocycles. The summed E-state index contributed by atoms with van der Waals surface area (Å²) in [6, 6.07) is 8.01. The number of rotatable bonds is 6. The maximum absolute atomic E-state index is 11.7. The van der Waals surface area contributed by atoms with Gasteiger partial charge in [-0.25, -0.2) is 0 Å². The lowest BCUT2D eigenvalue weighted by atomic mass is 10.1. The highest BCUT2D eigenvalue weighted by atomic mass is 16.5. The van der Waals surface area contributed by atoms with E-state index >= 15 is 0 Å². The summed E-state index contributed by atoms with van der Waals surface area (Å²) < 4.78 is 5.10. The molecule has 4 nitrogen and oxygen atoms in total. The van der Waals surface area contributed by atoms with Crippen molar-refractivity contribution in [2.24, 2.45) is 0 Å². The number of carbonyl (C=O) groups excluding carboxylic acids is 1.